The second-order valence-electron chi connectivity index (χ2n) is 4.82. The number of phenolic OH excluding ortho intramolecular Hbond substituents is 1. The summed E-state index contributed by atoms with van der Waals surface area (Å²) in [5, 5.41) is 9.91. The number of likely N-dealkylation sites (tertiary alicyclic amines) is 1. The fourth-order valence-electron chi connectivity index (χ4n) is 2.45. The molecule has 0 aliphatic carbocycles. The molecule has 1 N–H and O–H groups in total. The van der Waals surface area contributed by atoms with Crippen molar-refractivity contribution in [3.8, 4) is 5.75 Å². The lowest BCUT2D eigenvalue weighted by Gasteiger charge is -2.28. The smallest absolute Gasteiger partial charge is 0.257 e. The van der Waals surface area contributed by atoms with Gasteiger partial charge in [0.25, 0.3) is 5.91 Å². The van der Waals surface area contributed by atoms with Gasteiger partial charge in [-0.2, -0.15) is 0 Å². The summed E-state index contributed by atoms with van der Waals surface area (Å²) in [4.78, 5) is 14.4. The maximum atomic E-state index is 12.5. The Bertz CT molecular complexity index is 467. The lowest BCUT2D eigenvalue weighted by molar-refractivity contribution is 0.0697. The molecule has 0 bridgehead atoms. The average Bonchev–Trinajstić information content (AvgIpc) is 2.63. The third-order valence-corrected chi connectivity index (χ3v) is 4.36. The number of rotatable bonds is 2. The van der Waals surface area contributed by atoms with Gasteiger partial charge in [-0.25, -0.2) is 0 Å². The van der Waals surface area contributed by atoms with Gasteiger partial charge in [-0.1, -0.05) is 28.8 Å². The van der Waals surface area contributed by atoms with Crippen molar-refractivity contribution >= 4 is 33.4 Å². The molecule has 0 aromatic heterocycles. The van der Waals surface area contributed by atoms with Crippen LogP contribution in [0.25, 0.3) is 0 Å². The first kappa shape index (κ1) is 14.7. The van der Waals surface area contributed by atoms with Crippen molar-refractivity contribution in [3.05, 3.63) is 28.2 Å². The number of phenols is 1. The Labute approximate surface area is 126 Å². The number of carbonyl (C=O) groups excluding carboxylic acids is 1. The van der Waals surface area contributed by atoms with Crippen molar-refractivity contribution in [2.45, 2.75) is 31.7 Å². The summed E-state index contributed by atoms with van der Waals surface area (Å²) < 4.78 is 0.756. The van der Waals surface area contributed by atoms with Crippen molar-refractivity contribution in [2.75, 3.05) is 12.4 Å². The predicted molar refractivity (Wildman–Crippen MR) is 79.8 cm³/mol. The van der Waals surface area contributed by atoms with Crippen LogP contribution in [0.5, 0.6) is 5.75 Å². The van der Waals surface area contributed by atoms with E-state index in [2.05, 4.69) is 15.9 Å². The van der Waals surface area contributed by atoms with E-state index >= 15 is 0 Å². The van der Waals surface area contributed by atoms with Crippen molar-refractivity contribution in [2.24, 2.45) is 0 Å². The van der Waals surface area contributed by atoms with Crippen LogP contribution in [0.4, 0.5) is 0 Å². The number of amides is 1. The van der Waals surface area contributed by atoms with Crippen LogP contribution in [0, 0.1) is 0 Å². The van der Waals surface area contributed by atoms with Crippen molar-refractivity contribution in [1.82, 2.24) is 4.90 Å². The zero-order valence-corrected chi connectivity index (χ0v) is 13.0. The Morgan fingerprint density at radius 3 is 2.89 bits per heavy atom. The lowest BCUT2D eigenvalue weighted by Crippen LogP contribution is -2.41. The summed E-state index contributed by atoms with van der Waals surface area (Å²) in [5.74, 6) is 0.331. The second kappa shape index (κ2) is 6.62. The minimum absolute atomic E-state index is 0.0111. The molecular weight excluding hydrogens is 330 g/mol. The highest BCUT2D eigenvalue weighted by molar-refractivity contribution is 9.10. The predicted octanol–water partition coefficient (Wildman–Crippen LogP) is 3.78. The zero-order chi connectivity index (χ0) is 13.8. The molecule has 1 saturated heterocycles. The molecule has 1 aromatic rings. The van der Waals surface area contributed by atoms with E-state index in [1.54, 1.807) is 18.2 Å². The van der Waals surface area contributed by atoms with E-state index in [-0.39, 0.29) is 17.7 Å². The van der Waals surface area contributed by atoms with E-state index in [0.29, 0.717) is 18.0 Å². The molecule has 0 saturated carbocycles. The second-order valence-corrected chi connectivity index (χ2v) is 6.04. The molecule has 5 heteroatoms. The summed E-state index contributed by atoms with van der Waals surface area (Å²) >= 11 is 9.25. The zero-order valence-electron chi connectivity index (χ0n) is 10.6. The molecule has 1 heterocycles. The van der Waals surface area contributed by atoms with Gasteiger partial charge in [0.15, 0.2) is 0 Å². The Morgan fingerprint density at radius 1 is 1.42 bits per heavy atom. The van der Waals surface area contributed by atoms with Crippen LogP contribution in [-0.2, 0) is 0 Å². The summed E-state index contributed by atoms with van der Waals surface area (Å²) in [5.41, 5.74) is 0.347. The quantitative estimate of drug-likeness (QED) is 0.828. The van der Waals surface area contributed by atoms with E-state index < -0.39 is 0 Å². The summed E-state index contributed by atoms with van der Waals surface area (Å²) in [6.45, 7) is 0.714. The van der Waals surface area contributed by atoms with Crippen LogP contribution in [0.2, 0.25) is 0 Å². The number of halogens is 2. The molecule has 3 nitrogen and oxygen atoms in total. The topological polar surface area (TPSA) is 40.5 Å². The van der Waals surface area contributed by atoms with Gasteiger partial charge in [0.05, 0.1) is 5.56 Å². The number of hydrogen-bond donors (Lipinski definition) is 1. The van der Waals surface area contributed by atoms with Crippen LogP contribution in [0.15, 0.2) is 22.7 Å². The van der Waals surface area contributed by atoms with Gasteiger partial charge in [0.2, 0.25) is 0 Å². The molecule has 1 amide bonds. The highest BCUT2D eigenvalue weighted by Crippen LogP contribution is 2.26. The fourth-order valence-corrected chi connectivity index (χ4v) is 3.12. The monoisotopic (exact) mass is 345 g/mol. The van der Waals surface area contributed by atoms with Gasteiger partial charge < -0.3 is 10.0 Å². The Kier molecular flexibility index (Phi) is 5.11. The molecule has 1 unspecified atom stereocenters. The largest absolute Gasteiger partial charge is 0.507 e. The highest BCUT2D eigenvalue weighted by Gasteiger charge is 2.27. The van der Waals surface area contributed by atoms with E-state index in [9.17, 15) is 9.90 Å². The lowest BCUT2D eigenvalue weighted by atomic mass is 10.1. The molecule has 1 aromatic carbocycles. The van der Waals surface area contributed by atoms with Gasteiger partial charge in [0.1, 0.15) is 5.75 Å². The van der Waals surface area contributed by atoms with E-state index in [1.165, 1.54) is 0 Å². The standard InChI is InChI=1S/C14H17BrClNO2/c15-10-5-6-12(13(18)8-10)14(19)17-7-3-1-2-4-11(17)9-16/h5-6,8,11,18H,1-4,7,9H2. The summed E-state index contributed by atoms with van der Waals surface area (Å²) in [6.07, 6.45) is 4.17. The number of aromatic hydroxyl groups is 1. The normalized spacial score (nSPS) is 20.1. The van der Waals surface area contributed by atoms with Crippen LogP contribution < -0.4 is 0 Å². The van der Waals surface area contributed by atoms with E-state index in [4.69, 9.17) is 11.6 Å². The maximum Gasteiger partial charge on any atom is 0.257 e. The summed E-state index contributed by atoms with van der Waals surface area (Å²) in [7, 11) is 0. The molecule has 1 fully saturated rings. The fraction of sp³-hybridized carbons (Fsp3) is 0.500. The first-order valence-electron chi connectivity index (χ1n) is 6.49. The van der Waals surface area contributed by atoms with Crippen LogP contribution in [0.3, 0.4) is 0 Å². The molecule has 1 aliphatic rings. The number of alkyl halides is 1. The van der Waals surface area contributed by atoms with Crippen LogP contribution in [-0.4, -0.2) is 34.4 Å². The average molecular weight is 347 g/mol. The van der Waals surface area contributed by atoms with Gasteiger partial charge in [0, 0.05) is 22.9 Å². The Balaban J connectivity index is 2.25. The third kappa shape index (κ3) is 3.42. The molecular formula is C14H17BrClNO2. The molecule has 1 aliphatic heterocycles. The Hall–Kier alpha value is -0.740. The number of benzene rings is 1. The molecule has 104 valence electrons. The highest BCUT2D eigenvalue weighted by atomic mass is 79.9. The third-order valence-electron chi connectivity index (χ3n) is 3.51. The van der Waals surface area contributed by atoms with Crippen molar-refractivity contribution in [3.63, 3.8) is 0 Å². The van der Waals surface area contributed by atoms with Gasteiger partial charge in [-0.15, -0.1) is 11.6 Å². The van der Waals surface area contributed by atoms with E-state index in [1.807, 2.05) is 4.90 Å². The molecule has 2 rings (SSSR count). The molecule has 0 spiro atoms. The van der Waals surface area contributed by atoms with Crippen LogP contribution in [0.1, 0.15) is 36.0 Å². The summed E-state index contributed by atoms with van der Waals surface area (Å²) in [6, 6.07) is 5.03. The molecule has 19 heavy (non-hydrogen) atoms. The first-order valence-corrected chi connectivity index (χ1v) is 7.81. The molecule has 0 radical (unpaired) electrons. The minimum Gasteiger partial charge on any atom is -0.507 e. The SMILES string of the molecule is O=C(c1ccc(Br)cc1O)N1CCCCCC1CCl. The van der Waals surface area contributed by atoms with Gasteiger partial charge in [-0.3, -0.25) is 4.79 Å². The van der Waals surface area contributed by atoms with E-state index in [0.717, 1.165) is 30.2 Å². The van der Waals surface area contributed by atoms with Crippen LogP contribution >= 0.6 is 27.5 Å². The van der Waals surface area contributed by atoms with Crippen molar-refractivity contribution < 1.29 is 9.90 Å². The molecule has 1 atom stereocenters. The maximum absolute atomic E-state index is 12.5. The minimum atomic E-state index is -0.127. The van der Waals surface area contributed by atoms with Gasteiger partial charge >= 0.3 is 0 Å². The Morgan fingerprint density at radius 2 is 2.21 bits per heavy atom. The number of carbonyl (C=O) groups is 1. The number of nitrogens with zero attached hydrogens (tertiary/aromatic N) is 1. The van der Waals surface area contributed by atoms with Gasteiger partial charge in [-0.05, 0) is 31.0 Å². The number of hydrogen-bond acceptors (Lipinski definition) is 2. The first-order chi connectivity index (χ1) is 9.13. The van der Waals surface area contributed by atoms with Crippen molar-refractivity contribution in [1.29, 1.82) is 0 Å².